The van der Waals surface area contributed by atoms with Crippen molar-refractivity contribution in [3.05, 3.63) is 28.1 Å². The van der Waals surface area contributed by atoms with Gasteiger partial charge in [-0.15, -0.1) is 0 Å². The summed E-state index contributed by atoms with van der Waals surface area (Å²) in [5.41, 5.74) is 4.49. The van der Waals surface area contributed by atoms with E-state index in [9.17, 15) is 19.1 Å². The number of carbonyl (C=O) groups is 1. The summed E-state index contributed by atoms with van der Waals surface area (Å²) in [5.74, 6) is -1.60. The van der Waals surface area contributed by atoms with E-state index in [0.29, 0.717) is 24.8 Å². The van der Waals surface area contributed by atoms with Crippen molar-refractivity contribution in [3.63, 3.8) is 0 Å². The highest BCUT2D eigenvalue weighted by atomic mass is 19.1. The zero-order chi connectivity index (χ0) is 16.3. The van der Waals surface area contributed by atoms with Gasteiger partial charge in [0.1, 0.15) is 6.61 Å². The first-order valence-electron chi connectivity index (χ1n) is 6.93. The van der Waals surface area contributed by atoms with Crippen LogP contribution in [0, 0.1) is 11.2 Å². The average Bonchev–Trinajstić information content (AvgIpc) is 3.17. The van der Waals surface area contributed by atoms with Crippen LogP contribution >= 0.6 is 0 Å². The van der Waals surface area contributed by atoms with Gasteiger partial charge in [-0.05, 0) is 18.4 Å². The Bertz CT molecular complexity index is 671. The van der Waals surface area contributed by atoms with Gasteiger partial charge in [0.05, 0.1) is 18.2 Å². The van der Waals surface area contributed by atoms with E-state index in [1.807, 2.05) is 6.92 Å². The smallest absolute Gasteiger partial charge is 0.353 e. The minimum atomic E-state index is -0.805. The molecule has 1 aromatic heterocycles. The lowest BCUT2D eigenvalue weighted by molar-refractivity contribution is -0.145. The van der Waals surface area contributed by atoms with Crippen molar-refractivity contribution in [2.45, 2.75) is 26.2 Å². The van der Waals surface area contributed by atoms with Crippen LogP contribution in [-0.4, -0.2) is 33.8 Å². The summed E-state index contributed by atoms with van der Waals surface area (Å²) in [4.78, 5) is 26.3. The molecule has 1 saturated carbocycles. The van der Waals surface area contributed by atoms with Gasteiger partial charge in [0.15, 0.2) is 11.6 Å². The molecule has 1 aliphatic carbocycles. The monoisotopic (exact) mass is 311 g/mol. The molecule has 1 aliphatic rings. The second-order valence-corrected chi connectivity index (χ2v) is 5.34. The summed E-state index contributed by atoms with van der Waals surface area (Å²) >= 11 is 0. The normalized spacial score (nSPS) is 21.9. The Hall–Kier alpha value is -2.22. The van der Waals surface area contributed by atoms with Crippen LogP contribution in [0.2, 0.25) is 0 Å². The average molecular weight is 311 g/mol. The Morgan fingerprint density at radius 2 is 2.41 bits per heavy atom. The largest absolute Gasteiger partial charge is 0.465 e. The number of ether oxygens (including phenoxy) is 1. The Labute approximate surface area is 126 Å². The molecule has 2 rings (SSSR count). The van der Waals surface area contributed by atoms with Crippen LogP contribution < -0.4 is 11.4 Å². The molecule has 22 heavy (non-hydrogen) atoms. The summed E-state index contributed by atoms with van der Waals surface area (Å²) in [7, 11) is 0. The lowest BCUT2D eigenvalue weighted by atomic mass is 10.1. The lowest BCUT2D eigenvalue weighted by Gasteiger charge is -2.12. The number of nitrogens with zero attached hydrogens (tertiary/aromatic N) is 2. The molecule has 8 heteroatoms. The second kappa shape index (κ2) is 6.27. The van der Waals surface area contributed by atoms with E-state index in [2.05, 4.69) is 4.98 Å². The van der Waals surface area contributed by atoms with E-state index in [1.54, 1.807) is 0 Å². The van der Waals surface area contributed by atoms with Crippen molar-refractivity contribution in [2.75, 3.05) is 18.9 Å². The molecule has 0 aromatic carbocycles. The Kier molecular flexibility index (Phi) is 4.60. The molecule has 0 bridgehead atoms. The molecule has 0 radical (unpaired) electrons. The Morgan fingerprint density at radius 1 is 1.68 bits per heavy atom. The lowest BCUT2D eigenvalue weighted by Crippen LogP contribution is -2.22. The molecule has 1 unspecified atom stereocenters. The third-order valence-corrected chi connectivity index (χ3v) is 3.58. The van der Waals surface area contributed by atoms with Crippen molar-refractivity contribution in [1.82, 2.24) is 9.55 Å². The number of aliphatic hydroxyl groups is 1. The van der Waals surface area contributed by atoms with Crippen molar-refractivity contribution >= 4 is 18.0 Å². The molecule has 1 fully saturated rings. The minimum Gasteiger partial charge on any atom is -0.465 e. The van der Waals surface area contributed by atoms with Gasteiger partial charge in [-0.25, -0.2) is 9.18 Å². The molecule has 0 aliphatic heterocycles. The molecule has 0 spiro atoms. The predicted octanol–water partition coefficient (Wildman–Crippen LogP) is 0.531. The third kappa shape index (κ3) is 3.33. The molecular weight excluding hydrogens is 293 g/mol. The molecule has 0 saturated heterocycles. The van der Waals surface area contributed by atoms with E-state index in [-0.39, 0.29) is 19.2 Å². The van der Waals surface area contributed by atoms with Crippen LogP contribution in [-0.2, 0) is 9.53 Å². The molecule has 7 nitrogen and oxygen atoms in total. The van der Waals surface area contributed by atoms with Crippen molar-refractivity contribution in [3.8, 4) is 0 Å². The molecular formula is C14H18FN3O4. The van der Waals surface area contributed by atoms with Gasteiger partial charge in [0.25, 0.3) is 0 Å². The van der Waals surface area contributed by atoms with Crippen LogP contribution in [0.25, 0.3) is 6.20 Å². The summed E-state index contributed by atoms with van der Waals surface area (Å²) in [6, 6.07) is 0. The maximum atomic E-state index is 13.3. The predicted molar refractivity (Wildman–Crippen MR) is 77.1 cm³/mol. The van der Waals surface area contributed by atoms with Crippen molar-refractivity contribution in [1.29, 1.82) is 0 Å². The fourth-order valence-corrected chi connectivity index (χ4v) is 2.06. The highest BCUT2D eigenvalue weighted by Crippen LogP contribution is 2.52. The SMILES string of the molecule is CCCC(=O)OCC1(CO)CC1=Cn1cc(F)c(N)nc1=O. The first-order valence-corrected chi connectivity index (χ1v) is 6.93. The molecule has 1 atom stereocenters. The van der Waals surface area contributed by atoms with Crippen LogP contribution in [0.1, 0.15) is 26.2 Å². The first kappa shape index (κ1) is 16.2. The number of aromatic nitrogens is 2. The Balaban J connectivity index is 2.12. The van der Waals surface area contributed by atoms with Gasteiger partial charge < -0.3 is 15.6 Å². The van der Waals surface area contributed by atoms with E-state index < -0.39 is 22.7 Å². The number of esters is 1. The van der Waals surface area contributed by atoms with Crippen molar-refractivity contribution in [2.24, 2.45) is 5.41 Å². The van der Waals surface area contributed by atoms with Gasteiger partial charge in [-0.2, -0.15) is 4.98 Å². The van der Waals surface area contributed by atoms with Gasteiger partial charge in [0.2, 0.25) is 0 Å². The van der Waals surface area contributed by atoms with Crippen LogP contribution in [0.3, 0.4) is 0 Å². The van der Waals surface area contributed by atoms with E-state index >= 15 is 0 Å². The standard InChI is InChI=1S/C14H18FN3O4/c1-2-3-11(20)22-8-14(7-19)4-9(14)5-18-6-10(15)12(16)17-13(18)21/h5-6,19H,2-4,7-8H2,1H3,(H2,16,17,21). The maximum absolute atomic E-state index is 13.3. The molecule has 3 N–H and O–H groups in total. The van der Waals surface area contributed by atoms with Gasteiger partial charge >= 0.3 is 11.7 Å². The number of anilines is 1. The number of halogens is 1. The minimum absolute atomic E-state index is 0.0355. The van der Waals surface area contributed by atoms with Crippen LogP contribution in [0.5, 0.6) is 0 Å². The zero-order valence-corrected chi connectivity index (χ0v) is 12.2. The van der Waals surface area contributed by atoms with Gasteiger partial charge in [0, 0.05) is 12.6 Å². The Morgan fingerprint density at radius 3 is 3.05 bits per heavy atom. The van der Waals surface area contributed by atoms with Gasteiger partial charge in [-0.3, -0.25) is 9.36 Å². The van der Waals surface area contributed by atoms with Crippen molar-refractivity contribution < 1.29 is 19.0 Å². The number of rotatable bonds is 6. The third-order valence-electron chi connectivity index (χ3n) is 3.58. The number of hydrogen-bond donors (Lipinski definition) is 2. The maximum Gasteiger partial charge on any atom is 0.353 e. The summed E-state index contributed by atoms with van der Waals surface area (Å²) in [5, 5.41) is 9.49. The fraction of sp³-hybridized carbons (Fsp3) is 0.500. The van der Waals surface area contributed by atoms with E-state index in [1.165, 1.54) is 6.20 Å². The second-order valence-electron chi connectivity index (χ2n) is 5.34. The van der Waals surface area contributed by atoms with Gasteiger partial charge in [-0.1, -0.05) is 6.92 Å². The molecule has 120 valence electrons. The van der Waals surface area contributed by atoms with E-state index in [4.69, 9.17) is 10.5 Å². The number of hydrogen-bond acceptors (Lipinski definition) is 6. The number of nitrogens with two attached hydrogens (primary N) is 1. The summed E-state index contributed by atoms with van der Waals surface area (Å²) < 4.78 is 19.4. The molecule has 1 aromatic rings. The van der Waals surface area contributed by atoms with Crippen LogP contribution in [0.4, 0.5) is 10.2 Å². The highest BCUT2D eigenvalue weighted by molar-refractivity contribution is 5.69. The summed E-state index contributed by atoms with van der Waals surface area (Å²) in [6.45, 7) is 1.67. The number of aliphatic hydroxyl groups excluding tert-OH is 1. The fourth-order valence-electron chi connectivity index (χ4n) is 2.06. The first-order chi connectivity index (χ1) is 10.4. The number of nitrogen functional groups attached to an aromatic ring is 1. The molecule has 1 heterocycles. The quantitative estimate of drug-likeness (QED) is 0.742. The number of carbonyl (C=O) groups excluding carboxylic acids is 1. The topological polar surface area (TPSA) is 107 Å². The zero-order valence-electron chi connectivity index (χ0n) is 12.2. The highest BCUT2D eigenvalue weighted by Gasteiger charge is 2.49. The summed E-state index contributed by atoms with van der Waals surface area (Å²) in [6.07, 6.45) is 3.77. The molecule has 0 amide bonds. The van der Waals surface area contributed by atoms with E-state index in [0.717, 1.165) is 10.8 Å². The van der Waals surface area contributed by atoms with Crippen LogP contribution in [0.15, 0.2) is 16.6 Å².